The molecule has 0 aliphatic heterocycles. The quantitative estimate of drug-likeness (QED) is 0.431. The van der Waals surface area contributed by atoms with Crippen LogP contribution in [0.4, 0.5) is 0 Å². The first kappa shape index (κ1) is 21.4. The summed E-state index contributed by atoms with van der Waals surface area (Å²) in [6.45, 7) is 6.88. The Kier molecular flexibility index (Phi) is 6.40. The second-order valence-corrected chi connectivity index (χ2v) is 7.20. The van der Waals surface area contributed by atoms with E-state index in [2.05, 4.69) is 9.97 Å². The van der Waals surface area contributed by atoms with Crippen LogP contribution in [0.3, 0.4) is 0 Å². The molecule has 7 nitrogen and oxygen atoms in total. The highest BCUT2D eigenvalue weighted by Gasteiger charge is 2.27. The summed E-state index contributed by atoms with van der Waals surface area (Å²) >= 11 is 0. The van der Waals surface area contributed by atoms with Crippen LogP contribution in [0.2, 0.25) is 0 Å². The number of aromatic amines is 2. The molecule has 0 radical (unpaired) electrons. The van der Waals surface area contributed by atoms with Crippen molar-refractivity contribution in [2.45, 2.75) is 46.6 Å². The van der Waals surface area contributed by atoms with E-state index in [0.29, 0.717) is 23.2 Å². The second-order valence-electron chi connectivity index (χ2n) is 7.20. The van der Waals surface area contributed by atoms with Crippen LogP contribution in [-0.2, 0) is 20.7 Å². The molecule has 0 amide bonds. The van der Waals surface area contributed by atoms with Gasteiger partial charge >= 0.3 is 11.9 Å². The summed E-state index contributed by atoms with van der Waals surface area (Å²) in [6, 6.07) is 7.87. The molecular weight excluding hydrogens is 384 g/mol. The molecule has 1 aromatic carbocycles. The first-order valence-corrected chi connectivity index (χ1v) is 9.98. The van der Waals surface area contributed by atoms with Gasteiger partial charge in [0.1, 0.15) is 0 Å². The SMILES string of the molecule is CCOC(=O)c1c(C)[nH]c(C(=O)[C@@H](C)OC(=O)CCc2c[nH]c3ccccc23)c1C. The minimum atomic E-state index is -0.965. The van der Waals surface area contributed by atoms with E-state index >= 15 is 0 Å². The summed E-state index contributed by atoms with van der Waals surface area (Å²) in [6.07, 6.45) is 1.59. The number of hydrogen-bond acceptors (Lipinski definition) is 5. The van der Waals surface area contributed by atoms with Crippen LogP contribution < -0.4 is 0 Å². The fourth-order valence-corrected chi connectivity index (χ4v) is 3.59. The molecule has 0 spiro atoms. The number of nitrogens with one attached hydrogen (secondary N) is 2. The second kappa shape index (κ2) is 8.98. The number of para-hydroxylation sites is 1. The number of aromatic nitrogens is 2. The summed E-state index contributed by atoms with van der Waals surface area (Å²) in [5, 5.41) is 1.07. The monoisotopic (exact) mass is 410 g/mol. The molecule has 30 heavy (non-hydrogen) atoms. The van der Waals surface area contributed by atoms with E-state index < -0.39 is 18.0 Å². The zero-order valence-corrected chi connectivity index (χ0v) is 17.6. The number of esters is 2. The molecule has 2 heterocycles. The lowest BCUT2D eigenvalue weighted by molar-refractivity contribution is -0.146. The van der Waals surface area contributed by atoms with Crippen molar-refractivity contribution in [2.24, 2.45) is 0 Å². The predicted molar refractivity (Wildman–Crippen MR) is 113 cm³/mol. The maximum Gasteiger partial charge on any atom is 0.340 e. The highest BCUT2D eigenvalue weighted by Crippen LogP contribution is 2.22. The molecular formula is C23H26N2O5. The first-order valence-electron chi connectivity index (χ1n) is 9.98. The van der Waals surface area contributed by atoms with Crippen molar-refractivity contribution in [3.05, 3.63) is 58.5 Å². The van der Waals surface area contributed by atoms with Crippen LogP contribution in [-0.4, -0.2) is 40.4 Å². The summed E-state index contributed by atoms with van der Waals surface area (Å²) in [5.41, 5.74) is 3.69. The summed E-state index contributed by atoms with van der Waals surface area (Å²) in [5.74, 6) is -1.31. The number of ketones is 1. The predicted octanol–water partition coefficient (Wildman–Crippen LogP) is 4.04. The maximum absolute atomic E-state index is 12.8. The van der Waals surface area contributed by atoms with E-state index in [4.69, 9.17) is 9.47 Å². The number of aryl methyl sites for hydroxylation is 2. The minimum absolute atomic E-state index is 0.163. The van der Waals surface area contributed by atoms with Gasteiger partial charge in [0.15, 0.2) is 6.10 Å². The summed E-state index contributed by atoms with van der Waals surface area (Å²) in [7, 11) is 0. The van der Waals surface area contributed by atoms with E-state index in [0.717, 1.165) is 16.5 Å². The van der Waals surface area contributed by atoms with Gasteiger partial charge in [0.05, 0.1) is 17.9 Å². The highest BCUT2D eigenvalue weighted by molar-refractivity contribution is 6.04. The summed E-state index contributed by atoms with van der Waals surface area (Å²) < 4.78 is 10.4. The Labute approximate surface area is 174 Å². The Morgan fingerprint density at radius 3 is 2.60 bits per heavy atom. The molecule has 0 fully saturated rings. The normalized spacial score (nSPS) is 12.0. The fraction of sp³-hybridized carbons (Fsp3) is 0.348. The van der Waals surface area contributed by atoms with Gasteiger partial charge in [0.25, 0.3) is 0 Å². The third-order valence-electron chi connectivity index (χ3n) is 5.11. The maximum atomic E-state index is 12.8. The van der Waals surface area contributed by atoms with Gasteiger partial charge in [0, 0.05) is 29.2 Å². The van der Waals surface area contributed by atoms with Gasteiger partial charge in [0.2, 0.25) is 5.78 Å². The van der Waals surface area contributed by atoms with Crippen LogP contribution in [0.5, 0.6) is 0 Å². The summed E-state index contributed by atoms with van der Waals surface area (Å²) in [4.78, 5) is 43.3. The van der Waals surface area contributed by atoms with E-state index in [1.807, 2.05) is 30.5 Å². The average molecular weight is 410 g/mol. The lowest BCUT2D eigenvalue weighted by Crippen LogP contribution is -2.25. The smallest absolute Gasteiger partial charge is 0.340 e. The van der Waals surface area contributed by atoms with Crippen molar-refractivity contribution in [1.82, 2.24) is 9.97 Å². The number of Topliss-reactive ketones (excluding diaryl/α,β-unsaturated/α-hetero) is 1. The molecule has 0 aliphatic rings. The molecule has 0 saturated heterocycles. The number of carbonyl (C=O) groups excluding carboxylic acids is 3. The van der Waals surface area contributed by atoms with Crippen LogP contribution >= 0.6 is 0 Å². The minimum Gasteiger partial charge on any atom is -0.462 e. The Balaban J connectivity index is 1.63. The Morgan fingerprint density at radius 1 is 1.13 bits per heavy atom. The number of benzene rings is 1. The number of fused-ring (bicyclic) bond motifs is 1. The largest absolute Gasteiger partial charge is 0.462 e. The van der Waals surface area contributed by atoms with E-state index in [1.165, 1.54) is 6.92 Å². The van der Waals surface area contributed by atoms with Crippen LogP contribution in [0.1, 0.15) is 57.9 Å². The fourth-order valence-electron chi connectivity index (χ4n) is 3.59. The van der Waals surface area contributed by atoms with E-state index in [9.17, 15) is 14.4 Å². The molecule has 3 aromatic rings. The van der Waals surface area contributed by atoms with Crippen LogP contribution in [0.25, 0.3) is 10.9 Å². The molecule has 2 aromatic heterocycles. The van der Waals surface area contributed by atoms with Crippen molar-refractivity contribution < 1.29 is 23.9 Å². The van der Waals surface area contributed by atoms with Crippen molar-refractivity contribution in [3.8, 4) is 0 Å². The van der Waals surface area contributed by atoms with Gasteiger partial charge in [-0.15, -0.1) is 0 Å². The van der Waals surface area contributed by atoms with Crippen molar-refractivity contribution in [2.75, 3.05) is 6.61 Å². The zero-order valence-electron chi connectivity index (χ0n) is 17.6. The van der Waals surface area contributed by atoms with Gasteiger partial charge in [-0.3, -0.25) is 9.59 Å². The molecule has 0 saturated carbocycles. The number of H-pyrrole nitrogens is 2. The Morgan fingerprint density at radius 2 is 1.87 bits per heavy atom. The molecule has 0 unspecified atom stereocenters. The van der Waals surface area contributed by atoms with Gasteiger partial charge < -0.3 is 19.4 Å². The molecule has 1 atom stereocenters. The highest BCUT2D eigenvalue weighted by atomic mass is 16.5. The average Bonchev–Trinajstić information content (AvgIpc) is 3.26. The van der Waals surface area contributed by atoms with Crippen LogP contribution in [0, 0.1) is 13.8 Å². The lowest BCUT2D eigenvalue weighted by Gasteiger charge is -2.12. The number of ether oxygens (including phenoxy) is 2. The van der Waals surface area contributed by atoms with Crippen molar-refractivity contribution in [3.63, 3.8) is 0 Å². The van der Waals surface area contributed by atoms with E-state index in [-0.39, 0.29) is 24.5 Å². The molecule has 2 N–H and O–H groups in total. The van der Waals surface area contributed by atoms with Crippen molar-refractivity contribution >= 4 is 28.6 Å². The van der Waals surface area contributed by atoms with Crippen LogP contribution in [0.15, 0.2) is 30.5 Å². The molecule has 0 bridgehead atoms. The molecule has 158 valence electrons. The Hall–Kier alpha value is -3.35. The van der Waals surface area contributed by atoms with E-state index in [1.54, 1.807) is 20.8 Å². The molecule has 3 rings (SSSR count). The topological polar surface area (TPSA) is 101 Å². The lowest BCUT2D eigenvalue weighted by atomic mass is 10.1. The zero-order chi connectivity index (χ0) is 21.8. The van der Waals surface area contributed by atoms with Crippen molar-refractivity contribution in [1.29, 1.82) is 0 Å². The first-order chi connectivity index (χ1) is 14.3. The van der Waals surface area contributed by atoms with Gasteiger partial charge in [-0.25, -0.2) is 4.79 Å². The third-order valence-corrected chi connectivity index (χ3v) is 5.11. The number of rotatable bonds is 8. The number of hydrogen-bond donors (Lipinski definition) is 2. The molecule has 0 aliphatic carbocycles. The van der Waals surface area contributed by atoms with Gasteiger partial charge in [-0.2, -0.15) is 0 Å². The third kappa shape index (κ3) is 4.30. The van der Waals surface area contributed by atoms with Gasteiger partial charge in [-0.1, -0.05) is 18.2 Å². The van der Waals surface area contributed by atoms with Gasteiger partial charge in [-0.05, 0) is 51.3 Å². The molecule has 7 heteroatoms. The standard InChI is InChI=1S/C23H26N2O5/c1-5-29-23(28)20-13(2)21(25-14(20)3)22(27)15(4)30-19(26)11-10-16-12-24-18-9-7-6-8-17(16)18/h6-9,12,15,24-25H,5,10-11H2,1-4H3/t15-/m1/s1. The number of carbonyl (C=O) groups is 3. The Bertz CT molecular complexity index is 1090.